The molecular formula is C15H22ClFN2O. The number of hydrogen-bond donors (Lipinski definition) is 1. The molecule has 0 amide bonds. The van der Waals surface area contributed by atoms with Crippen LogP contribution in [-0.4, -0.2) is 44.3 Å². The third-order valence-corrected chi connectivity index (χ3v) is 4.10. The van der Waals surface area contributed by atoms with E-state index in [-0.39, 0.29) is 5.82 Å². The summed E-state index contributed by atoms with van der Waals surface area (Å²) in [6, 6.07) is 5.17. The number of benzene rings is 1. The van der Waals surface area contributed by atoms with Gasteiger partial charge in [0.2, 0.25) is 0 Å². The predicted octanol–water partition coefficient (Wildman–Crippen LogP) is 2.68. The molecule has 112 valence electrons. The van der Waals surface area contributed by atoms with Gasteiger partial charge in [0, 0.05) is 37.8 Å². The fourth-order valence-electron chi connectivity index (χ4n) is 2.65. The molecule has 5 heteroatoms. The van der Waals surface area contributed by atoms with Crippen molar-refractivity contribution >= 4 is 11.6 Å². The lowest BCUT2D eigenvalue weighted by atomic mass is 10.1. The van der Waals surface area contributed by atoms with E-state index in [1.807, 2.05) is 0 Å². The van der Waals surface area contributed by atoms with Crippen molar-refractivity contribution in [1.82, 2.24) is 10.2 Å². The molecule has 1 unspecified atom stereocenters. The molecular weight excluding hydrogens is 279 g/mol. The van der Waals surface area contributed by atoms with E-state index in [0.717, 1.165) is 38.3 Å². The van der Waals surface area contributed by atoms with Gasteiger partial charge < -0.3 is 10.1 Å². The standard InChI is InChI=1S/C15H22ClFN2O/c1-20-8-6-18-10-14-3-2-7-19(14)11-12-4-5-13(17)9-15(12)16/h4-5,9,14,18H,2-3,6-8,10-11H2,1H3. The summed E-state index contributed by atoms with van der Waals surface area (Å²) in [6.07, 6.45) is 2.40. The van der Waals surface area contributed by atoms with E-state index < -0.39 is 0 Å². The molecule has 1 saturated heterocycles. The zero-order chi connectivity index (χ0) is 14.4. The van der Waals surface area contributed by atoms with E-state index in [0.29, 0.717) is 11.1 Å². The lowest BCUT2D eigenvalue weighted by Crippen LogP contribution is -2.38. The van der Waals surface area contributed by atoms with Crippen LogP contribution >= 0.6 is 11.6 Å². The molecule has 1 aromatic rings. The molecule has 1 atom stereocenters. The van der Waals surface area contributed by atoms with E-state index in [1.54, 1.807) is 13.2 Å². The largest absolute Gasteiger partial charge is 0.383 e. The van der Waals surface area contributed by atoms with Gasteiger partial charge in [-0.1, -0.05) is 17.7 Å². The van der Waals surface area contributed by atoms with Crippen LogP contribution in [0.2, 0.25) is 5.02 Å². The van der Waals surface area contributed by atoms with Crippen LogP contribution < -0.4 is 5.32 Å². The molecule has 0 aliphatic carbocycles. The summed E-state index contributed by atoms with van der Waals surface area (Å²) in [7, 11) is 1.71. The molecule has 2 rings (SSSR count). The van der Waals surface area contributed by atoms with Gasteiger partial charge in [-0.3, -0.25) is 4.90 Å². The Bertz CT molecular complexity index is 430. The summed E-state index contributed by atoms with van der Waals surface area (Å²) in [6.45, 7) is 4.43. The van der Waals surface area contributed by atoms with Crippen LogP contribution in [-0.2, 0) is 11.3 Å². The molecule has 0 spiro atoms. The minimum atomic E-state index is -0.280. The molecule has 0 radical (unpaired) electrons. The third kappa shape index (κ3) is 4.42. The van der Waals surface area contributed by atoms with Gasteiger partial charge in [0.05, 0.1) is 6.61 Å². The topological polar surface area (TPSA) is 24.5 Å². The molecule has 1 aromatic carbocycles. The Balaban J connectivity index is 1.87. The quantitative estimate of drug-likeness (QED) is 0.784. The number of methoxy groups -OCH3 is 1. The lowest BCUT2D eigenvalue weighted by molar-refractivity contribution is 0.191. The third-order valence-electron chi connectivity index (χ3n) is 3.75. The first-order chi connectivity index (χ1) is 9.70. The summed E-state index contributed by atoms with van der Waals surface area (Å²) in [5.41, 5.74) is 0.997. The first kappa shape index (κ1) is 15.7. The molecule has 3 nitrogen and oxygen atoms in total. The molecule has 1 N–H and O–H groups in total. The van der Waals surface area contributed by atoms with Crippen molar-refractivity contribution in [3.05, 3.63) is 34.6 Å². The van der Waals surface area contributed by atoms with Gasteiger partial charge in [-0.05, 0) is 37.1 Å². The average Bonchev–Trinajstić information content (AvgIpc) is 2.85. The Kier molecular flexibility index (Phi) is 6.23. The van der Waals surface area contributed by atoms with Crippen LogP contribution in [0, 0.1) is 5.82 Å². The number of halogens is 2. The van der Waals surface area contributed by atoms with Gasteiger partial charge in [-0.2, -0.15) is 0 Å². The minimum absolute atomic E-state index is 0.280. The highest BCUT2D eigenvalue weighted by molar-refractivity contribution is 6.31. The van der Waals surface area contributed by atoms with Crippen molar-refractivity contribution in [2.45, 2.75) is 25.4 Å². The molecule has 20 heavy (non-hydrogen) atoms. The SMILES string of the molecule is COCCNCC1CCCN1Cc1ccc(F)cc1Cl. The second-order valence-electron chi connectivity index (χ2n) is 5.20. The van der Waals surface area contributed by atoms with E-state index in [9.17, 15) is 4.39 Å². The zero-order valence-electron chi connectivity index (χ0n) is 11.9. The fourth-order valence-corrected chi connectivity index (χ4v) is 2.87. The summed E-state index contributed by atoms with van der Waals surface area (Å²) in [4.78, 5) is 2.42. The van der Waals surface area contributed by atoms with Crippen LogP contribution in [0.15, 0.2) is 18.2 Å². The van der Waals surface area contributed by atoms with E-state index >= 15 is 0 Å². The molecule has 1 aliphatic heterocycles. The maximum Gasteiger partial charge on any atom is 0.124 e. The van der Waals surface area contributed by atoms with Crippen molar-refractivity contribution < 1.29 is 9.13 Å². The lowest BCUT2D eigenvalue weighted by Gasteiger charge is -2.25. The monoisotopic (exact) mass is 300 g/mol. The minimum Gasteiger partial charge on any atom is -0.383 e. The van der Waals surface area contributed by atoms with E-state index in [4.69, 9.17) is 16.3 Å². The van der Waals surface area contributed by atoms with Crippen LogP contribution in [0.4, 0.5) is 4.39 Å². The average molecular weight is 301 g/mol. The summed E-state index contributed by atoms with van der Waals surface area (Å²) >= 11 is 6.10. The first-order valence-electron chi connectivity index (χ1n) is 7.08. The Morgan fingerprint density at radius 3 is 3.10 bits per heavy atom. The molecule has 1 aliphatic rings. The van der Waals surface area contributed by atoms with Crippen molar-refractivity contribution in [3.8, 4) is 0 Å². The van der Waals surface area contributed by atoms with Crippen LogP contribution in [0.3, 0.4) is 0 Å². The number of rotatable bonds is 7. The highest BCUT2D eigenvalue weighted by Gasteiger charge is 2.24. The van der Waals surface area contributed by atoms with E-state index in [1.165, 1.54) is 25.0 Å². The Morgan fingerprint density at radius 1 is 1.50 bits per heavy atom. The normalized spacial score (nSPS) is 19.6. The van der Waals surface area contributed by atoms with Gasteiger partial charge in [0.1, 0.15) is 5.82 Å². The van der Waals surface area contributed by atoms with Crippen molar-refractivity contribution in [1.29, 1.82) is 0 Å². The predicted molar refractivity (Wildman–Crippen MR) is 79.6 cm³/mol. The molecule has 1 heterocycles. The second-order valence-corrected chi connectivity index (χ2v) is 5.61. The van der Waals surface area contributed by atoms with Gasteiger partial charge in [0.15, 0.2) is 0 Å². The number of hydrogen-bond acceptors (Lipinski definition) is 3. The Morgan fingerprint density at radius 2 is 2.35 bits per heavy atom. The number of nitrogens with zero attached hydrogens (tertiary/aromatic N) is 1. The van der Waals surface area contributed by atoms with Crippen LogP contribution in [0.25, 0.3) is 0 Å². The van der Waals surface area contributed by atoms with Crippen molar-refractivity contribution in [2.75, 3.05) is 33.4 Å². The van der Waals surface area contributed by atoms with Gasteiger partial charge in [-0.15, -0.1) is 0 Å². The smallest absolute Gasteiger partial charge is 0.124 e. The molecule has 0 saturated carbocycles. The molecule has 0 bridgehead atoms. The molecule has 0 aromatic heterocycles. The maximum atomic E-state index is 13.1. The number of nitrogens with one attached hydrogen (secondary N) is 1. The van der Waals surface area contributed by atoms with Gasteiger partial charge >= 0.3 is 0 Å². The second kappa shape index (κ2) is 7.93. The van der Waals surface area contributed by atoms with Crippen molar-refractivity contribution in [2.24, 2.45) is 0 Å². The fraction of sp³-hybridized carbons (Fsp3) is 0.600. The highest BCUT2D eigenvalue weighted by Crippen LogP contribution is 2.24. The van der Waals surface area contributed by atoms with Gasteiger partial charge in [-0.25, -0.2) is 4.39 Å². The van der Waals surface area contributed by atoms with Crippen LogP contribution in [0.5, 0.6) is 0 Å². The maximum absolute atomic E-state index is 13.1. The zero-order valence-corrected chi connectivity index (χ0v) is 12.6. The Hall–Kier alpha value is -0.680. The summed E-state index contributed by atoms with van der Waals surface area (Å²) in [5, 5.41) is 3.92. The molecule has 1 fully saturated rings. The number of ether oxygens (including phenoxy) is 1. The van der Waals surface area contributed by atoms with Crippen LogP contribution in [0.1, 0.15) is 18.4 Å². The first-order valence-corrected chi connectivity index (χ1v) is 7.46. The highest BCUT2D eigenvalue weighted by atomic mass is 35.5. The van der Waals surface area contributed by atoms with E-state index in [2.05, 4.69) is 10.2 Å². The number of likely N-dealkylation sites (tertiary alicyclic amines) is 1. The Labute approximate surface area is 125 Å². The van der Waals surface area contributed by atoms with Crippen molar-refractivity contribution in [3.63, 3.8) is 0 Å². The summed E-state index contributed by atoms with van der Waals surface area (Å²) < 4.78 is 18.1. The summed E-state index contributed by atoms with van der Waals surface area (Å²) in [5.74, 6) is -0.280. The van der Waals surface area contributed by atoms with Gasteiger partial charge in [0.25, 0.3) is 0 Å².